The van der Waals surface area contributed by atoms with Gasteiger partial charge in [-0.3, -0.25) is 4.79 Å². The fourth-order valence-electron chi connectivity index (χ4n) is 5.68. The first-order valence-corrected chi connectivity index (χ1v) is 13.5. The molecule has 0 saturated carbocycles. The summed E-state index contributed by atoms with van der Waals surface area (Å²) in [7, 11) is 3.25. The van der Waals surface area contributed by atoms with E-state index in [0.717, 1.165) is 53.9 Å². The van der Waals surface area contributed by atoms with Crippen LogP contribution in [0.25, 0.3) is 0 Å². The number of aliphatic imine (C=N–C) groups is 1. The molecule has 3 aliphatic heterocycles. The molecule has 1 fully saturated rings. The second-order valence-electron chi connectivity index (χ2n) is 10.1. The van der Waals surface area contributed by atoms with Gasteiger partial charge in [0.2, 0.25) is 0 Å². The van der Waals surface area contributed by atoms with Gasteiger partial charge in [-0.05, 0) is 67.2 Å². The summed E-state index contributed by atoms with van der Waals surface area (Å²) in [6.45, 7) is 6.62. The predicted octanol–water partition coefficient (Wildman–Crippen LogP) is 3.53. The second kappa shape index (κ2) is 11.7. The van der Waals surface area contributed by atoms with E-state index >= 15 is 0 Å². The number of nitrogens with zero attached hydrogens (tertiary/aromatic N) is 4. The average Bonchev–Trinajstić information content (AvgIpc) is 3.32. The summed E-state index contributed by atoms with van der Waals surface area (Å²) in [5, 5.41) is 3.06. The van der Waals surface area contributed by atoms with Gasteiger partial charge in [0.15, 0.2) is 0 Å². The lowest BCUT2D eigenvalue weighted by molar-refractivity contribution is -0.114. The summed E-state index contributed by atoms with van der Waals surface area (Å²) in [5.41, 5.74) is 9.86. The van der Waals surface area contributed by atoms with Crippen molar-refractivity contribution in [2.45, 2.75) is 31.7 Å². The van der Waals surface area contributed by atoms with Crippen LogP contribution in [0.3, 0.4) is 0 Å². The Kier molecular flexibility index (Phi) is 7.95. The summed E-state index contributed by atoms with van der Waals surface area (Å²) >= 11 is 0. The van der Waals surface area contributed by atoms with Crippen molar-refractivity contribution in [3.05, 3.63) is 71.6 Å². The minimum absolute atomic E-state index is 0.0837. The van der Waals surface area contributed by atoms with Crippen molar-refractivity contribution >= 4 is 29.7 Å². The minimum atomic E-state index is -0.177. The van der Waals surface area contributed by atoms with Gasteiger partial charge in [-0.15, -0.1) is 0 Å². The monoisotopic (exact) mass is 544 g/mol. The molecule has 3 heterocycles. The third-order valence-corrected chi connectivity index (χ3v) is 7.88. The fraction of sp³-hybridized carbons (Fsp3) is 0.367. The highest BCUT2D eigenvalue weighted by molar-refractivity contribution is 6.08. The topological polar surface area (TPSA) is 113 Å². The number of fused-ring (bicyclic) bond motifs is 2. The van der Waals surface area contributed by atoms with Crippen LogP contribution in [0.15, 0.2) is 65.4 Å². The van der Waals surface area contributed by atoms with Gasteiger partial charge in [0.1, 0.15) is 17.3 Å². The van der Waals surface area contributed by atoms with E-state index < -0.39 is 0 Å². The number of anilines is 2. The van der Waals surface area contributed by atoms with E-state index in [9.17, 15) is 9.59 Å². The summed E-state index contributed by atoms with van der Waals surface area (Å²) < 4.78 is 10.7. The smallest absolute Gasteiger partial charge is 0.322 e. The zero-order chi connectivity index (χ0) is 28.2. The minimum Gasteiger partial charge on any atom is -0.497 e. The molecule has 2 aromatic carbocycles. The number of ether oxygens (including phenoxy) is 2. The lowest BCUT2D eigenvalue weighted by Gasteiger charge is -2.38. The van der Waals surface area contributed by atoms with E-state index in [4.69, 9.17) is 15.2 Å². The van der Waals surface area contributed by atoms with Crippen LogP contribution in [0, 0.1) is 0 Å². The molecule has 3 amide bonds. The molecule has 3 N–H and O–H groups in total. The number of urea groups is 1. The Morgan fingerprint density at radius 1 is 1.02 bits per heavy atom. The van der Waals surface area contributed by atoms with Crippen molar-refractivity contribution in [3.63, 3.8) is 0 Å². The maximum absolute atomic E-state index is 13.4. The molecule has 2 aromatic rings. The average molecular weight is 545 g/mol. The van der Waals surface area contributed by atoms with Gasteiger partial charge in [0.05, 0.1) is 26.2 Å². The number of piperidine rings is 1. The summed E-state index contributed by atoms with van der Waals surface area (Å²) in [6, 6.07) is 11.5. The standard InChI is InChI=1S/C30H36N6O4/c1-20(29(37)36-15-8-21-4-5-25(40-3)18-27(21)36)16-28(32-19-31)34-12-10-23(11-13-34)35-14-9-22-17-24(39-2)6-7-26(22)33-30(35)38/h4-7,16-19,23H,1,8-15H2,2-3H3,(H2,31,32)(H,33,38)/b28-16+. The van der Waals surface area contributed by atoms with Crippen molar-refractivity contribution in [2.75, 3.05) is 50.6 Å². The lowest BCUT2D eigenvalue weighted by atomic mass is 10.0. The van der Waals surface area contributed by atoms with E-state index in [-0.39, 0.29) is 18.0 Å². The molecule has 3 aliphatic rings. The number of hydrogen-bond donors (Lipinski definition) is 2. The van der Waals surface area contributed by atoms with Crippen LogP contribution in [-0.4, -0.2) is 74.5 Å². The van der Waals surface area contributed by atoms with Gasteiger partial charge >= 0.3 is 6.03 Å². The molecule has 1 saturated heterocycles. The Morgan fingerprint density at radius 2 is 1.73 bits per heavy atom. The van der Waals surface area contributed by atoms with Crippen LogP contribution in [0.2, 0.25) is 0 Å². The highest BCUT2D eigenvalue weighted by Crippen LogP contribution is 2.33. The van der Waals surface area contributed by atoms with Crippen LogP contribution >= 0.6 is 0 Å². The van der Waals surface area contributed by atoms with E-state index in [0.29, 0.717) is 43.3 Å². The van der Waals surface area contributed by atoms with Crippen molar-refractivity contribution < 1.29 is 19.1 Å². The summed E-state index contributed by atoms with van der Waals surface area (Å²) in [6.07, 6.45) is 6.01. The van der Waals surface area contributed by atoms with Gasteiger partial charge in [-0.25, -0.2) is 9.79 Å². The third kappa shape index (κ3) is 5.47. The zero-order valence-corrected chi connectivity index (χ0v) is 23.1. The van der Waals surface area contributed by atoms with Crippen LogP contribution in [0.1, 0.15) is 24.0 Å². The van der Waals surface area contributed by atoms with Crippen LogP contribution in [0.4, 0.5) is 16.2 Å². The number of rotatable bonds is 7. The molecule has 40 heavy (non-hydrogen) atoms. The number of carbonyl (C=O) groups is 2. The van der Waals surface area contributed by atoms with Crippen LogP contribution in [0.5, 0.6) is 11.5 Å². The molecule has 10 heteroatoms. The molecular weight excluding hydrogens is 508 g/mol. The predicted molar refractivity (Wildman–Crippen MR) is 156 cm³/mol. The number of benzene rings is 2. The highest BCUT2D eigenvalue weighted by Gasteiger charge is 2.31. The number of nitrogens with one attached hydrogen (secondary N) is 1. The maximum atomic E-state index is 13.4. The zero-order valence-electron chi connectivity index (χ0n) is 23.1. The maximum Gasteiger partial charge on any atom is 0.322 e. The molecule has 10 nitrogen and oxygen atoms in total. The fourth-order valence-corrected chi connectivity index (χ4v) is 5.68. The highest BCUT2D eigenvalue weighted by atomic mass is 16.5. The Morgan fingerprint density at radius 3 is 2.45 bits per heavy atom. The SMILES string of the molecule is C=C(/C=C(\N=C/N)N1CCC(N2CCc3cc(OC)ccc3NC2=O)CC1)C(=O)N1CCc2ccc(OC)cc21. The number of hydrogen-bond acceptors (Lipinski definition) is 6. The first-order valence-electron chi connectivity index (χ1n) is 13.5. The normalized spacial score (nSPS) is 17.8. The van der Waals surface area contributed by atoms with Gasteiger partial charge in [0.25, 0.3) is 5.91 Å². The lowest BCUT2D eigenvalue weighted by Crippen LogP contribution is -2.48. The second-order valence-corrected chi connectivity index (χ2v) is 10.1. The summed E-state index contributed by atoms with van der Waals surface area (Å²) in [4.78, 5) is 36.6. The molecular formula is C30H36N6O4. The molecule has 0 atom stereocenters. The molecule has 0 spiro atoms. The van der Waals surface area contributed by atoms with Crippen molar-refractivity contribution in [1.82, 2.24) is 9.80 Å². The van der Waals surface area contributed by atoms with E-state index in [2.05, 4.69) is 21.8 Å². The van der Waals surface area contributed by atoms with Gasteiger partial charge in [-0.1, -0.05) is 12.6 Å². The molecule has 0 unspecified atom stereocenters. The molecule has 0 aliphatic carbocycles. The van der Waals surface area contributed by atoms with Gasteiger partial charge < -0.3 is 35.2 Å². The molecule has 210 valence electrons. The Balaban J connectivity index is 1.24. The largest absolute Gasteiger partial charge is 0.497 e. The number of carbonyl (C=O) groups excluding carboxylic acids is 2. The molecule has 5 rings (SSSR count). The van der Waals surface area contributed by atoms with E-state index in [1.165, 1.54) is 6.34 Å². The molecule has 0 radical (unpaired) electrons. The number of amides is 3. The van der Waals surface area contributed by atoms with E-state index in [1.54, 1.807) is 25.2 Å². The molecule has 0 aromatic heterocycles. The first-order chi connectivity index (χ1) is 19.4. The third-order valence-electron chi connectivity index (χ3n) is 7.88. The number of likely N-dealkylation sites (tertiary alicyclic amines) is 1. The number of methoxy groups -OCH3 is 2. The Bertz CT molecular complexity index is 1360. The van der Waals surface area contributed by atoms with E-state index in [1.807, 2.05) is 41.3 Å². The first kappa shape index (κ1) is 27.1. The molecule has 0 bridgehead atoms. The van der Waals surface area contributed by atoms with Gasteiger partial charge in [-0.2, -0.15) is 0 Å². The summed E-state index contributed by atoms with van der Waals surface area (Å²) in [5.74, 6) is 1.90. The van der Waals surface area contributed by atoms with Crippen LogP contribution in [-0.2, 0) is 17.6 Å². The van der Waals surface area contributed by atoms with Crippen molar-refractivity contribution in [3.8, 4) is 11.5 Å². The van der Waals surface area contributed by atoms with Crippen molar-refractivity contribution in [2.24, 2.45) is 10.7 Å². The van der Waals surface area contributed by atoms with Crippen molar-refractivity contribution in [1.29, 1.82) is 0 Å². The van der Waals surface area contributed by atoms with Gasteiger partial charge in [0, 0.05) is 49.5 Å². The van der Waals surface area contributed by atoms with Crippen LogP contribution < -0.4 is 25.4 Å². The quantitative estimate of drug-likeness (QED) is 0.239. The number of nitrogens with two attached hydrogens (primary N) is 1. The Labute approximate surface area is 234 Å². The Hall–Kier alpha value is -4.47.